The van der Waals surface area contributed by atoms with Crippen molar-refractivity contribution < 1.29 is 18.0 Å². The molecule has 1 aliphatic carbocycles. The van der Waals surface area contributed by atoms with Crippen molar-refractivity contribution in [2.75, 3.05) is 0 Å². The Kier molecular flexibility index (Phi) is 3.25. The summed E-state index contributed by atoms with van der Waals surface area (Å²) in [7, 11) is -3.73. The number of carbonyl (C=O) groups is 2. The molecule has 0 aromatic heterocycles. The van der Waals surface area contributed by atoms with E-state index in [2.05, 4.69) is 0 Å². The van der Waals surface area contributed by atoms with Gasteiger partial charge in [0, 0.05) is 12.6 Å². The summed E-state index contributed by atoms with van der Waals surface area (Å²) in [5.74, 6) is -0.640. The number of benzene rings is 1. The van der Waals surface area contributed by atoms with Crippen LogP contribution < -0.4 is 0 Å². The van der Waals surface area contributed by atoms with Crippen molar-refractivity contribution in [2.45, 2.75) is 17.4 Å². The molecule has 21 heavy (non-hydrogen) atoms. The second-order valence-corrected chi connectivity index (χ2v) is 6.85. The second kappa shape index (κ2) is 4.96. The van der Waals surface area contributed by atoms with E-state index < -0.39 is 22.0 Å². The number of fused-ring (bicyclic) bond motifs is 1. The fourth-order valence-electron chi connectivity index (χ4n) is 2.66. The van der Waals surface area contributed by atoms with Crippen LogP contribution in [0.2, 0.25) is 0 Å². The third-order valence-corrected chi connectivity index (χ3v) is 5.50. The first-order valence-corrected chi connectivity index (χ1v) is 7.93. The lowest BCUT2D eigenvalue weighted by Crippen LogP contribution is -2.40. The summed E-state index contributed by atoms with van der Waals surface area (Å²) in [4.78, 5) is 23.1. The minimum Gasteiger partial charge on any atom is -0.299 e. The molecular weight excluding hydrogens is 290 g/mol. The summed E-state index contributed by atoms with van der Waals surface area (Å²) in [6.45, 7) is 0. The zero-order valence-electron chi connectivity index (χ0n) is 11.0. The van der Waals surface area contributed by atoms with Crippen molar-refractivity contribution in [2.24, 2.45) is 5.92 Å². The zero-order chi connectivity index (χ0) is 15.0. The Bertz CT molecular complexity index is 749. The van der Waals surface area contributed by atoms with Crippen LogP contribution in [-0.4, -0.2) is 30.8 Å². The maximum Gasteiger partial charge on any atom is 0.264 e. The largest absolute Gasteiger partial charge is 0.299 e. The lowest BCUT2D eigenvalue weighted by Gasteiger charge is -2.29. The van der Waals surface area contributed by atoms with E-state index in [9.17, 15) is 18.0 Å². The molecule has 0 spiro atoms. The van der Waals surface area contributed by atoms with Gasteiger partial charge in [-0.3, -0.25) is 13.9 Å². The minimum atomic E-state index is -3.73. The van der Waals surface area contributed by atoms with Gasteiger partial charge in [-0.25, -0.2) is 8.42 Å². The number of sulfonamides is 1. The number of Topliss-reactive ketones (excluding diaryl/α,β-unsaturated/α-hetero) is 1. The fraction of sp³-hybridized carbons (Fsp3) is 0.200. The molecule has 6 heteroatoms. The van der Waals surface area contributed by atoms with Crippen molar-refractivity contribution in [1.82, 2.24) is 4.31 Å². The Balaban J connectivity index is 2.03. The van der Waals surface area contributed by atoms with Crippen molar-refractivity contribution >= 4 is 22.1 Å². The topological polar surface area (TPSA) is 71.5 Å². The van der Waals surface area contributed by atoms with Crippen LogP contribution in [0.15, 0.2) is 59.2 Å². The first-order chi connectivity index (χ1) is 10.0. The van der Waals surface area contributed by atoms with E-state index in [1.807, 2.05) is 0 Å². The quantitative estimate of drug-likeness (QED) is 0.789. The van der Waals surface area contributed by atoms with Crippen molar-refractivity contribution in [3.8, 4) is 0 Å². The standard InChI is InChI=1S/C15H13NO4S/c17-10-11-8-14-13(15(18)9-11)6-7-16(14)21(19,20)12-4-2-1-3-5-12/h1-8,10,13-14H,9H2. The van der Waals surface area contributed by atoms with Gasteiger partial charge in [-0.05, 0) is 17.7 Å². The minimum absolute atomic E-state index is 0.0637. The SMILES string of the molecule is O=CC1=CC2C(C=CN2S(=O)(=O)c2ccccc2)C(=O)C1. The molecule has 1 aromatic carbocycles. The molecule has 1 aromatic rings. The maximum atomic E-state index is 12.6. The highest BCUT2D eigenvalue weighted by Gasteiger charge is 2.41. The number of nitrogens with zero attached hydrogens (tertiary/aromatic N) is 1. The highest BCUT2D eigenvalue weighted by atomic mass is 32.2. The van der Waals surface area contributed by atoms with Gasteiger partial charge >= 0.3 is 0 Å². The molecule has 0 amide bonds. The third kappa shape index (κ3) is 2.21. The molecule has 0 saturated carbocycles. The first kappa shape index (κ1) is 13.8. The average Bonchev–Trinajstić information content (AvgIpc) is 2.93. The molecule has 5 nitrogen and oxygen atoms in total. The van der Waals surface area contributed by atoms with Gasteiger partial charge in [0.1, 0.15) is 12.1 Å². The Morgan fingerprint density at radius 1 is 1.19 bits per heavy atom. The summed E-state index contributed by atoms with van der Waals surface area (Å²) in [6.07, 6.45) is 5.25. The normalized spacial score (nSPS) is 24.7. The molecule has 0 saturated heterocycles. The average molecular weight is 303 g/mol. The molecule has 2 unspecified atom stereocenters. The van der Waals surface area contributed by atoms with E-state index >= 15 is 0 Å². The summed E-state index contributed by atoms with van der Waals surface area (Å²) < 4.78 is 26.4. The molecule has 1 aliphatic heterocycles. The fourth-order valence-corrected chi connectivity index (χ4v) is 4.14. The Labute approximate surface area is 122 Å². The van der Waals surface area contributed by atoms with Crippen molar-refractivity contribution in [3.63, 3.8) is 0 Å². The Hall–Kier alpha value is -2.21. The van der Waals surface area contributed by atoms with E-state index in [1.54, 1.807) is 30.4 Å². The molecule has 0 radical (unpaired) electrons. The molecule has 0 fully saturated rings. The molecule has 2 aliphatic rings. The third-order valence-electron chi connectivity index (χ3n) is 3.71. The molecule has 2 atom stereocenters. The van der Waals surface area contributed by atoms with Crippen LogP contribution >= 0.6 is 0 Å². The smallest absolute Gasteiger partial charge is 0.264 e. The summed E-state index contributed by atoms with van der Waals surface area (Å²) >= 11 is 0. The van der Waals surface area contributed by atoms with Crippen LogP contribution in [0.1, 0.15) is 6.42 Å². The molecule has 0 N–H and O–H groups in total. The number of ketones is 1. The lowest BCUT2D eigenvalue weighted by atomic mass is 9.86. The molecule has 0 bridgehead atoms. The lowest BCUT2D eigenvalue weighted by molar-refractivity contribution is -0.122. The van der Waals surface area contributed by atoms with Gasteiger partial charge in [-0.15, -0.1) is 0 Å². The molecule has 108 valence electrons. The number of hydrogen-bond acceptors (Lipinski definition) is 4. The highest BCUT2D eigenvalue weighted by Crippen LogP contribution is 2.34. The van der Waals surface area contributed by atoms with Crippen LogP contribution in [0, 0.1) is 5.92 Å². The van der Waals surface area contributed by atoms with Crippen LogP contribution in [0.3, 0.4) is 0 Å². The number of hydrogen-bond donors (Lipinski definition) is 0. The van der Waals surface area contributed by atoms with Crippen molar-refractivity contribution in [3.05, 3.63) is 54.3 Å². The number of aldehydes is 1. The van der Waals surface area contributed by atoms with Gasteiger partial charge < -0.3 is 0 Å². The Morgan fingerprint density at radius 2 is 1.90 bits per heavy atom. The predicted molar refractivity (Wildman–Crippen MR) is 75.7 cm³/mol. The van der Waals surface area contributed by atoms with Crippen LogP contribution in [0.25, 0.3) is 0 Å². The van der Waals surface area contributed by atoms with Gasteiger partial charge in [-0.2, -0.15) is 0 Å². The van der Waals surface area contributed by atoms with Crippen LogP contribution in [0.5, 0.6) is 0 Å². The van der Waals surface area contributed by atoms with Crippen LogP contribution in [-0.2, 0) is 19.6 Å². The Morgan fingerprint density at radius 3 is 2.57 bits per heavy atom. The summed E-state index contributed by atoms with van der Waals surface area (Å²) in [5, 5.41) is 0. The van der Waals surface area contributed by atoms with E-state index in [0.717, 1.165) is 4.31 Å². The maximum absolute atomic E-state index is 12.6. The van der Waals surface area contributed by atoms with Gasteiger partial charge in [0.25, 0.3) is 10.0 Å². The molecule has 1 heterocycles. The van der Waals surface area contributed by atoms with Gasteiger partial charge in [0.2, 0.25) is 0 Å². The monoisotopic (exact) mass is 303 g/mol. The van der Waals surface area contributed by atoms with E-state index in [1.165, 1.54) is 18.3 Å². The number of carbonyl (C=O) groups excluding carboxylic acids is 2. The highest BCUT2D eigenvalue weighted by molar-refractivity contribution is 7.89. The number of rotatable bonds is 3. The molecular formula is C15H13NO4S. The van der Waals surface area contributed by atoms with E-state index in [4.69, 9.17) is 0 Å². The first-order valence-electron chi connectivity index (χ1n) is 6.49. The summed E-state index contributed by atoms with van der Waals surface area (Å²) in [5.41, 5.74) is 0.332. The van der Waals surface area contributed by atoms with Gasteiger partial charge in [0.15, 0.2) is 0 Å². The van der Waals surface area contributed by atoms with Gasteiger partial charge in [-0.1, -0.05) is 30.4 Å². The second-order valence-electron chi connectivity index (χ2n) is 5.01. The van der Waals surface area contributed by atoms with E-state index in [0.29, 0.717) is 11.9 Å². The zero-order valence-corrected chi connectivity index (χ0v) is 11.9. The molecule has 3 rings (SSSR count). The van der Waals surface area contributed by atoms with Gasteiger partial charge in [0.05, 0.1) is 16.9 Å². The number of allylic oxidation sites excluding steroid dienone is 1. The van der Waals surface area contributed by atoms with Crippen LogP contribution in [0.4, 0.5) is 0 Å². The van der Waals surface area contributed by atoms with Crippen molar-refractivity contribution in [1.29, 1.82) is 0 Å². The predicted octanol–water partition coefficient (Wildman–Crippen LogP) is 1.29. The summed E-state index contributed by atoms with van der Waals surface area (Å²) in [6, 6.07) is 7.38. The van der Waals surface area contributed by atoms with E-state index in [-0.39, 0.29) is 17.1 Å².